The topological polar surface area (TPSA) is 122 Å². The van der Waals surface area contributed by atoms with Crippen LogP contribution in [0, 0.1) is 6.92 Å². The number of amides is 1. The van der Waals surface area contributed by atoms with Crippen LogP contribution in [0.4, 0.5) is 5.00 Å². The van der Waals surface area contributed by atoms with Crippen LogP contribution in [0.3, 0.4) is 0 Å². The minimum absolute atomic E-state index is 0.0225. The lowest BCUT2D eigenvalue weighted by Gasteiger charge is -2.09. The Kier molecular flexibility index (Phi) is 9.48. The third-order valence-electron chi connectivity index (χ3n) is 5.05. The maximum Gasteiger partial charge on any atom is 0.348 e. The van der Waals surface area contributed by atoms with Crippen molar-refractivity contribution >= 4 is 45.9 Å². The quantitative estimate of drug-likeness (QED) is 0.282. The lowest BCUT2D eigenvalue weighted by atomic mass is 10.1. The van der Waals surface area contributed by atoms with E-state index in [-0.39, 0.29) is 40.3 Å². The summed E-state index contributed by atoms with van der Waals surface area (Å²) in [4.78, 5) is 37.9. The van der Waals surface area contributed by atoms with Gasteiger partial charge in [-0.25, -0.2) is 9.59 Å². The Morgan fingerprint density at radius 1 is 1.03 bits per heavy atom. The molecule has 1 amide bonds. The average molecular weight is 533 g/mol. The van der Waals surface area contributed by atoms with Crippen molar-refractivity contribution in [2.75, 3.05) is 31.4 Å². The van der Waals surface area contributed by atoms with E-state index in [0.717, 1.165) is 22.6 Å². The van der Waals surface area contributed by atoms with Gasteiger partial charge in [0.25, 0.3) is 0 Å². The number of nitrogens with zero attached hydrogens (tertiary/aromatic N) is 3. The lowest BCUT2D eigenvalue weighted by molar-refractivity contribution is -0.113. The molecule has 36 heavy (non-hydrogen) atoms. The Hall–Kier alpha value is -3.38. The van der Waals surface area contributed by atoms with Crippen LogP contribution in [-0.4, -0.2) is 58.7 Å². The second-order valence-electron chi connectivity index (χ2n) is 7.32. The fourth-order valence-electron chi connectivity index (χ4n) is 3.37. The van der Waals surface area contributed by atoms with Crippen molar-refractivity contribution in [3.8, 4) is 17.1 Å². The van der Waals surface area contributed by atoms with E-state index >= 15 is 0 Å². The van der Waals surface area contributed by atoms with E-state index in [1.165, 1.54) is 11.8 Å². The van der Waals surface area contributed by atoms with E-state index in [2.05, 4.69) is 15.5 Å². The molecule has 0 aliphatic rings. The minimum Gasteiger partial charge on any atom is -0.497 e. The molecule has 0 bridgehead atoms. The molecule has 2 heterocycles. The molecule has 0 radical (unpaired) electrons. The third kappa shape index (κ3) is 6.05. The van der Waals surface area contributed by atoms with E-state index in [1.807, 2.05) is 35.8 Å². The van der Waals surface area contributed by atoms with Crippen LogP contribution in [0.5, 0.6) is 5.75 Å². The number of thioether (sulfide) groups is 1. The third-order valence-corrected chi connectivity index (χ3v) is 7.21. The molecule has 0 aliphatic heterocycles. The van der Waals surface area contributed by atoms with E-state index < -0.39 is 11.9 Å². The first kappa shape index (κ1) is 27.2. The summed E-state index contributed by atoms with van der Waals surface area (Å²) in [5.41, 5.74) is 1.44. The van der Waals surface area contributed by atoms with Crippen LogP contribution in [0.1, 0.15) is 46.4 Å². The Morgan fingerprint density at radius 2 is 1.69 bits per heavy atom. The summed E-state index contributed by atoms with van der Waals surface area (Å²) in [7, 11) is 1.61. The largest absolute Gasteiger partial charge is 0.497 e. The van der Waals surface area contributed by atoms with Crippen molar-refractivity contribution in [1.82, 2.24) is 14.8 Å². The van der Waals surface area contributed by atoms with E-state index in [4.69, 9.17) is 14.2 Å². The molecule has 0 unspecified atom stereocenters. The molecule has 0 fully saturated rings. The molecule has 0 atom stereocenters. The number of carbonyl (C=O) groups excluding carboxylic acids is 3. The highest BCUT2D eigenvalue weighted by atomic mass is 32.2. The number of methoxy groups -OCH3 is 1. The summed E-state index contributed by atoms with van der Waals surface area (Å²) >= 11 is 2.21. The number of rotatable bonds is 11. The summed E-state index contributed by atoms with van der Waals surface area (Å²) < 4.78 is 17.3. The summed E-state index contributed by atoms with van der Waals surface area (Å²) in [5.74, 6) is -0.0827. The van der Waals surface area contributed by atoms with Gasteiger partial charge in [-0.1, -0.05) is 11.8 Å². The first-order valence-corrected chi connectivity index (χ1v) is 13.1. The number of hydrogen-bond donors (Lipinski definition) is 1. The van der Waals surface area contributed by atoms with Crippen molar-refractivity contribution in [2.45, 2.75) is 39.4 Å². The van der Waals surface area contributed by atoms with Crippen molar-refractivity contribution in [3.05, 3.63) is 40.3 Å². The number of thiophene rings is 1. The van der Waals surface area contributed by atoms with Gasteiger partial charge in [0, 0.05) is 12.1 Å². The Balaban J connectivity index is 1.77. The molecule has 0 saturated heterocycles. The van der Waals surface area contributed by atoms with Gasteiger partial charge in [-0.2, -0.15) is 0 Å². The Morgan fingerprint density at radius 3 is 2.31 bits per heavy atom. The summed E-state index contributed by atoms with van der Waals surface area (Å²) in [6.45, 7) is 7.95. The fraction of sp³-hybridized carbons (Fsp3) is 0.375. The second-order valence-corrected chi connectivity index (χ2v) is 9.28. The Labute approximate surface area is 217 Å². The van der Waals surface area contributed by atoms with Crippen LogP contribution in [0.2, 0.25) is 0 Å². The van der Waals surface area contributed by atoms with Crippen molar-refractivity contribution in [1.29, 1.82) is 0 Å². The van der Waals surface area contributed by atoms with Gasteiger partial charge in [0.05, 0.1) is 31.6 Å². The van der Waals surface area contributed by atoms with Crippen LogP contribution in [0.25, 0.3) is 11.4 Å². The molecule has 0 aliphatic carbocycles. The van der Waals surface area contributed by atoms with Crippen LogP contribution < -0.4 is 10.1 Å². The number of hydrogen-bond acceptors (Lipinski definition) is 10. The van der Waals surface area contributed by atoms with Crippen molar-refractivity contribution < 1.29 is 28.6 Å². The molecule has 192 valence electrons. The molecule has 3 rings (SSSR count). The highest BCUT2D eigenvalue weighted by Gasteiger charge is 2.27. The molecular weight excluding hydrogens is 504 g/mol. The zero-order valence-electron chi connectivity index (χ0n) is 20.7. The van der Waals surface area contributed by atoms with Gasteiger partial charge in [-0.05, 0) is 57.5 Å². The summed E-state index contributed by atoms with van der Waals surface area (Å²) in [6.07, 6.45) is 0. The van der Waals surface area contributed by atoms with Crippen LogP contribution >= 0.6 is 23.1 Å². The van der Waals surface area contributed by atoms with Gasteiger partial charge in [0.2, 0.25) is 5.91 Å². The number of anilines is 1. The van der Waals surface area contributed by atoms with Gasteiger partial charge in [0.15, 0.2) is 11.0 Å². The SMILES string of the molecule is CCOC(=O)c1sc(NC(=O)CSc2nnc(-c3ccc(OC)cc3)n2CC)c(C(=O)OCC)c1C. The summed E-state index contributed by atoms with van der Waals surface area (Å²) in [6, 6.07) is 7.48. The zero-order valence-corrected chi connectivity index (χ0v) is 22.4. The smallest absolute Gasteiger partial charge is 0.348 e. The fourth-order valence-corrected chi connectivity index (χ4v) is 5.28. The maximum atomic E-state index is 12.8. The Bertz CT molecular complexity index is 1240. The van der Waals surface area contributed by atoms with Crippen molar-refractivity contribution in [2.24, 2.45) is 0 Å². The van der Waals surface area contributed by atoms with Gasteiger partial charge in [0.1, 0.15) is 15.6 Å². The summed E-state index contributed by atoms with van der Waals surface area (Å²) in [5, 5.41) is 12.1. The molecule has 1 aromatic carbocycles. The molecule has 2 aromatic heterocycles. The normalized spacial score (nSPS) is 10.7. The minimum atomic E-state index is -0.611. The molecule has 1 N–H and O–H groups in total. The number of carbonyl (C=O) groups is 3. The lowest BCUT2D eigenvalue weighted by Crippen LogP contribution is -2.17. The molecular formula is C24H28N4O6S2. The van der Waals surface area contributed by atoms with Crippen molar-refractivity contribution in [3.63, 3.8) is 0 Å². The van der Waals surface area contributed by atoms with Gasteiger partial charge < -0.3 is 24.1 Å². The monoisotopic (exact) mass is 532 g/mol. The number of nitrogens with one attached hydrogen (secondary N) is 1. The number of aromatic nitrogens is 3. The number of ether oxygens (including phenoxy) is 3. The highest BCUT2D eigenvalue weighted by molar-refractivity contribution is 7.99. The predicted octanol–water partition coefficient (Wildman–Crippen LogP) is 4.43. The highest BCUT2D eigenvalue weighted by Crippen LogP contribution is 2.35. The molecule has 10 nitrogen and oxygen atoms in total. The zero-order chi connectivity index (χ0) is 26.2. The second kappa shape index (κ2) is 12.5. The molecule has 3 aromatic rings. The molecule has 12 heteroatoms. The van der Waals surface area contributed by atoms with E-state index in [1.54, 1.807) is 27.9 Å². The first-order chi connectivity index (χ1) is 17.3. The maximum absolute atomic E-state index is 12.8. The first-order valence-electron chi connectivity index (χ1n) is 11.3. The molecule has 0 saturated carbocycles. The standard InChI is InChI=1S/C24H28N4O6S2/c1-6-28-20(15-9-11-16(32-5)12-10-15)26-27-24(28)35-13-17(29)25-21-18(22(30)33-7-2)14(4)19(36-21)23(31)34-8-3/h9-12H,6-8,13H2,1-5H3,(H,25,29). The van der Waals surface area contributed by atoms with E-state index in [9.17, 15) is 14.4 Å². The van der Waals surface area contributed by atoms with E-state index in [0.29, 0.717) is 23.1 Å². The predicted molar refractivity (Wildman–Crippen MR) is 138 cm³/mol. The van der Waals surface area contributed by atoms with Crippen LogP contribution in [-0.2, 0) is 20.8 Å². The molecule has 0 spiro atoms. The number of esters is 2. The van der Waals surface area contributed by atoms with Gasteiger partial charge in [-0.3, -0.25) is 4.79 Å². The van der Waals surface area contributed by atoms with Crippen LogP contribution in [0.15, 0.2) is 29.4 Å². The average Bonchev–Trinajstić information content (AvgIpc) is 3.43. The van der Waals surface area contributed by atoms with Gasteiger partial charge in [-0.15, -0.1) is 21.5 Å². The number of benzene rings is 1. The van der Waals surface area contributed by atoms with Gasteiger partial charge >= 0.3 is 11.9 Å².